The number of rotatable bonds is 8. The molecule has 0 saturated heterocycles. The number of nitrogens with two attached hydrogens (primary N) is 2. The third kappa shape index (κ3) is 7.56. The molecule has 13 heavy (non-hydrogen) atoms. The highest BCUT2D eigenvalue weighted by atomic mass is 16.5. The molecule has 0 fully saturated rings. The molecule has 3 nitrogen and oxygen atoms in total. The normalized spacial score (nSPS) is 9.69. The number of allylic oxidation sites excluding steroid dienone is 2. The molecule has 0 aliphatic rings. The quantitative estimate of drug-likeness (QED) is 0.562. The molecule has 0 heterocycles. The highest BCUT2D eigenvalue weighted by molar-refractivity contribution is 4.93. The Morgan fingerprint density at radius 2 is 1.31 bits per heavy atom. The molecule has 3 heteroatoms. The van der Waals surface area contributed by atoms with Crippen molar-refractivity contribution < 1.29 is 4.74 Å². The lowest BCUT2D eigenvalue weighted by molar-refractivity contribution is 0.277. The number of ether oxygens (including phenoxy) is 1. The molecule has 0 bridgehead atoms. The van der Waals surface area contributed by atoms with Crippen LogP contribution in [0.5, 0.6) is 0 Å². The van der Waals surface area contributed by atoms with Crippen molar-refractivity contribution in [2.45, 2.75) is 25.7 Å². The van der Waals surface area contributed by atoms with Gasteiger partial charge in [-0.05, 0) is 25.9 Å². The number of hydrogen-bond acceptors (Lipinski definition) is 3. The van der Waals surface area contributed by atoms with Gasteiger partial charge < -0.3 is 16.2 Å². The monoisotopic (exact) mass is 184 g/mol. The first kappa shape index (κ1) is 12.2. The molecule has 0 unspecified atom stereocenters. The Labute approximate surface area is 80.4 Å². The van der Waals surface area contributed by atoms with Gasteiger partial charge in [-0.15, -0.1) is 0 Å². The summed E-state index contributed by atoms with van der Waals surface area (Å²) in [5, 5.41) is 0. The molecular weight excluding hydrogens is 164 g/mol. The van der Waals surface area contributed by atoms with E-state index >= 15 is 0 Å². The van der Waals surface area contributed by atoms with Gasteiger partial charge in [0.05, 0.1) is 11.5 Å². The Kier molecular flexibility index (Phi) is 7.35. The summed E-state index contributed by atoms with van der Waals surface area (Å²) in [6.45, 7) is 8.87. The van der Waals surface area contributed by atoms with Gasteiger partial charge in [0.1, 0.15) is 0 Å². The standard InChI is InChI=1S/C10H20N2O/c1-9(5-3-7-11)13-10(2)6-4-8-12/h1-8,11-12H2. The van der Waals surface area contributed by atoms with Gasteiger partial charge in [0, 0.05) is 12.8 Å². The molecule has 0 aromatic rings. The highest BCUT2D eigenvalue weighted by Crippen LogP contribution is 2.12. The van der Waals surface area contributed by atoms with Gasteiger partial charge in [-0.25, -0.2) is 0 Å². The number of hydrogen-bond donors (Lipinski definition) is 2. The van der Waals surface area contributed by atoms with E-state index in [4.69, 9.17) is 16.2 Å². The molecule has 0 rings (SSSR count). The lowest BCUT2D eigenvalue weighted by atomic mass is 10.2. The van der Waals surface area contributed by atoms with Crippen molar-refractivity contribution >= 4 is 0 Å². The largest absolute Gasteiger partial charge is 0.467 e. The first-order chi connectivity index (χ1) is 6.20. The maximum atomic E-state index is 5.35. The lowest BCUT2D eigenvalue weighted by Gasteiger charge is -2.09. The molecule has 0 aliphatic carbocycles. The maximum Gasteiger partial charge on any atom is 0.0964 e. The zero-order valence-corrected chi connectivity index (χ0v) is 8.22. The summed E-state index contributed by atoms with van der Waals surface area (Å²) in [6, 6.07) is 0. The SMILES string of the molecule is C=C(CCCN)OC(=C)CCCN. The van der Waals surface area contributed by atoms with Crippen molar-refractivity contribution in [3.63, 3.8) is 0 Å². The zero-order valence-electron chi connectivity index (χ0n) is 8.22. The predicted molar refractivity (Wildman–Crippen MR) is 55.9 cm³/mol. The van der Waals surface area contributed by atoms with E-state index in [2.05, 4.69) is 13.2 Å². The lowest BCUT2D eigenvalue weighted by Crippen LogP contribution is -2.02. The third-order valence-electron chi connectivity index (χ3n) is 1.61. The molecule has 0 atom stereocenters. The fourth-order valence-electron chi connectivity index (χ4n) is 0.905. The predicted octanol–water partition coefficient (Wildman–Crippen LogP) is 1.51. The minimum absolute atomic E-state index is 0.664. The van der Waals surface area contributed by atoms with E-state index in [0.717, 1.165) is 37.2 Å². The molecular formula is C10H20N2O. The van der Waals surface area contributed by atoms with Gasteiger partial charge in [-0.2, -0.15) is 0 Å². The Bertz CT molecular complexity index is 148. The first-order valence-electron chi connectivity index (χ1n) is 4.64. The van der Waals surface area contributed by atoms with E-state index < -0.39 is 0 Å². The molecule has 0 aromatic carbocycles. The van der Waals surface area contributed by atoms with Crippen molar-refractivity contribution in [1.29, 1.82) is 0 Å². The molecule has 76 valence electrons. The fraction of sp³-hybridized carbons (Fsp3) is 0.600. The van der Waals surface area contributed by atoms with Crippen LogP contribution in [0, 0.1) is 0 Å². The summed E-state index contributed by atoms with van der Waals surface area (Å²) >= 11 is 0. The summed E-state index contributed by atoms with van der Waals surface area (Å²) in [6.07, 6.45) is 3.42. The summed E-state index contributed by atoms with van der Waals surface area (Å²) in [7, 11) is 0. The van der Waals surface area contributed by atoms with Crippen LogP contribution in [0.2, 0.25) is 0 Å². The van der Waals surface area contributed by atoms with E-state index in [0.29, 0.717) is 13.1 Å². The summed E-state index contributed by atoms with van der Waals surface area (Å²) < 4.78 is 5.35. The van der Waals surface area contributed by atoms with Crippen molar-refractivity contribution in [3.8, 4) is 0 Å². The summed E-state index contributed by atoms with van der Waals surface area (Å²) in [5.41, 5.74) is 10.7. The van der Waals surface area contributed by atoms with E-state index in [1.165, 1.54) is 0 Å². The smallest absolute Gasteiger partial charge is 0.0964 e. The van der Waals surface area contributed by atoms with Crippen LogP contribution < -0.4 is 11.5 Å². The van der Waals surface area contributed by atoms with E-state index in [-0.39, 0.29) is 0 Å². The van der Waals surface area contributed by atoms with Crippen LogP contribution in [-0.2, 0) is 4.74 Å². The Hall–Kier alpha value is -0.800. The molecule has 0 saturated carbocycles. The second-order valence-corrected chi connectivity index (χ2v) is 2.96. The van der Waals surface area contributed by atoms with E-state index in [1.807, 2.05) is 0 Å². The summed E-state index contributed by atoms with van der Waals surface area (Å²) in [4.78, 5) is 0. The average molecular weight is 184 g/mol. The van der Waals surface area contributed by atoms with Gasteiger partial charge >= 0.3 is 0 Å². The van der Waals surface area contributed by atoms with Crippen LogP contribution >= 0.6 is 0 Å². The van der Waals surface area contributed by atoms with Crippen LogP contribution in [-0.4, -0.2) is 13.1 Å². The van der Waals surface area contributed by atoms with Crippen LogP contribution in [0.3, 0.4) is 0 Å². The minimum Gasteiger partial charge on any atom is -0.467 e. The van der Waals surface area contributed by atoms with E-state index in [9.17, 15) is 0 Å². The highest BCUT2D eigenvalue weighted by Gasteiger charge is 1.98. The Balaban J connectivity index is 3.47. The maximum absolute atomic E-state index is 5.35. The van der Waals surface area contributed by atoms with Gasteiger partial charge in [0.2, 0.25) is 0 Å². The van der Waals surface area contributed by atoms with E-state index in [1.54, 1.807) is 0 Å². The first-order valence-corrected chi connectivity index (χ1v) is 4.64. The average Bonchev–Trinajstić information content (AvgIpc) is 2.11. The van der Waals surface area contributed by atoms with Crippen molar-refractivity contribution in [3.05, 3.63) is 24.7 Å². The Morgan fingerprint density at radius 3 is 1.62 bits per heavy atom. The molecule has 0 spiro atoms. The van der Waals surface area contributed by atoms with Crippen LogP contribution in [0.1, 0.15) is 25.7 Å². The second kappa shape index (κ2) is 7.83. The topological polar surface area (TPSA) is 61.3 Å². The van der Waals surface area contributed by atoms with Crippen molar-refractivity contribution in [1.82, 2.24) is 0 Å². The molecule has 4 N–H and O–H groups in total. The van der Waals surface area contributed by atoms with Crippen LogP contribution in [0.15, 0.2) is 24.7 Å². The summed E-state index contributed by atoms with van der Waals surface area (Å²) in [5.74, 6) is 1.49. The van der Waals surface area contributed by atoms with Crippen molar-refractivity contribution in [2.24, 2.45) is 11.5 Å². The Morgan fingerprint density at radius 1 is 0.923 bits per heavy atom. The van der Waals surface area contributed by atoms with Gasteiger partial charge in [0.25, 0.3) is 0 Å². The third-order valence-corrected chi connectivity index (χ3v) is 1.61. The fourth-order valence-corrected chi connectivity index (χ4v) is 0.905. The van der Waals surface area contributed by atoms with Crippen LogP contribution in [0.4, 0.5) is 0 Å². The molecule has 0 radical (unpaired) electrons. The van der Waals surface area contributed by atoms with Gasteiger partial charge in [-0.3, -0.25) is 0 Å². The van der Waals surface area contributed by atoms with Gasteiger partial charge in [-0.1, -0.05) is 13.2 Å². The molecule has 0 amide bonds. The minimum atomic E-state index is 0.664. The van der Waals surface area contributed by atoms with Crippen LogP contribution in [0.25, 0.3) is 0 Å². The van der Waals surface area contributed by atoms with Gasteiger partial charge in [0.15, 0.2) is 0 Å². The molecule has 0 aromatic heterocycles. The van der Waals surface area contributed by atoms with Crippen molar-refractivity contribution in [2.75, 3.05) is 13.1 Å². The second-order valence-electron chi connectivity index (χ2n) is 2.96. The zero-order chi connectivity index (χ0) is 10.1. The molecule has 0 aliphatic heterocycles.